The summed E-state index contributed by atoms with van der Waals surface area (Å²) in [6.45, 7) is -0.0404. The average molecular weight is 739 g/mol. The van der Waals surface area contributed by atoms with E-state index >= 15 is 0 Å². The first-order valence-corrected chi connectivity index (χ1v) is 20.7. The van der Waals surface area contributed by atoms with Crippen LogP contribution in [0, 0.1) is 0 Å². The summed E-state index contributed by atoms with van der Waals surface area (Å²) in [6, 6.07) is 71.1. The number of benzene rings is 9. The Morgan fingerprint density at radius 2 is 1.16 bits per heavy atom. The van der Waals surface area contributed by atoms with E-state index in [0.29, 0.717) is 0 Å². The Morgan fingerprint density at radius 3 is 1.98 bits per heavy atom. The zero-order chi connectivity index (χ0) is 37.0. The van der Waals surface area contributed by atoms with Crippen molar-refractivity contribution in [3.05, 3.63) is 210 Å². The van der Waals surface area contributed by atoms with E-state index in [4.69, 9.17) is 0 Å². The van der Waals surface area contributed by atoms with Gasteiger partial charge in [0.25, 0.3) is 0 Å². The van der Waals surface area contributed by atoms with E-state index in [2.05, 4.69) is 197 Å². The van der Waals surface area contributed by atoms with Crippen molar-refractivity contribution in [2.24, 2.45) is 0 Å². The summed E-state index contributed by atoms with van der Waals surface area (Å²) in [5, 5.41) is 7.83. The van der Waals surface area contributed by atoms with Gasteiger partial charge in [0.15, 0.2) is 0 Å². The number of nitrogens with zero attached hydrogens (tertiary/aromatic N) is 2. The standard InChI is InChI=1S/C53H31BN2S/c1-3-17-34(18-4-1)53(35-19-5-2-6-20-35)41-24-10-11-27-44(41)55-46-31-40-36-21-9-12-28-47(36)57-52(40)48-38-23-13-22-37-39-29-32-15-7-8-16-33(32)30-45(39)56(50(37)38)54(49(46)48)43-26-14-25-42(53)51(43)55/h1-31H. The maximum absolute atomic E-state index is 2.72. The largest absolute Gasteiger partial charge is 0.375 e. The Bertz CT molecular complexity index is 3500. The molecule has 0 atom stereocenters. The first-order valence-electron chi connectivity index (χ1n) is 19.9. The summed E-state index contributed by atoms with van der Waals surface area (Å²) in [5.41, 5.74) is 16.5. The van der Waals surface area contributed by atoms with Crippen LogP contribution in [0.15, 0.2) is 188 Å². The molecule has 0 unspecified atom stereocenters. The molecule has 5 heterocycles. The van der Waals surface area contributed by atoms with E-state index in [9.17, 15) is 0 Å². The number of thiophene rings is 1. The summed E-state index contributed by atoms with van der Waals surface area (Å²) in [6.07, 6.45) is 0. The van der Waals surface area contributed by atoms with Crippen LogP contribution in [0.4, 0.5) is 17.1 Å². The third kappa shape index (κ3) is 3.60. The monoisotopic (exact) mass is 738 g/mol. The molecule has 0 spiro atoms. The second kappa shape index (κ2) is 10.7. The van der Waals surface area contributed by atoms with Gasteiger partial charge in [0.2, 0.25) is 0 Å². The minimum absolute atomic E-state index is 0.0404. The molecule has 0 saturated heterocycles. The number of rotatable bonds is 2. The van der Waals surface area contributed by atoms with Gasteiger partial charge in [-0.2, -0.15) is 0 Å². The smallest absolute Gasteiger partial charge is 0.333 e. The zero-order valence-electron chi connectivity index (χ0n) is 30.8. The summed E-state index contributed by atoms with van der Waals surface area (Å²) in [4.78, 5) is 2.65. The summed E-state index contributed by atoms with van der Waals surface area (Å²) in [5.74, 6) is 0. The van der Waals surface area contributed by atoms with Gasteiger partial charge in [0.05, 0.1) is 11.1 Å². The average Bonchev–Trinajstić information content (AvgIpc) is 3.81. The van der Waals surface area contributed by atoms with Crippen LogP contribution in [0.5, 0.6) is 0 Å². The van der Waals surface area contributed by atoms with Crippen molar-refractivity contribution in [1.82, 2.24) is 4.48 Å². The predicted molar refractivity (Wildman–Crippen MR) is 242 cm³/mol. The Balaban J connectivity index is 1.22. The Morgan fingerprint density at radius 1 is 0.491 bits per heavy atom. The van der Waals surface area contributed by atoms with Gasteiger partial charge < -0.3 is 9.38 Å². The van der Waals surface area contributed by atoms with Crippen LogP contribution in [0.25, 0.3) is 63.9 Å². The van der Waals surface area contributed by atoms with Crippen molar-refractivity contribution in [3.63, 3.8) is 0 Å². The van der Waals surface area contributed by atoms with Crippen LogP contribution in [-0.2, 0) is 5.41 Å². The van der Waals surface area contributed by atoms with Gasteiger partial charge >= 0.3 is 6.85 Å². The number of para-hydroxylation sites is 3. The molecule has 9 aromatic carbocycles. The van der Waals surface area contributed by atoms with E-state index in [1.165, 1.54) is 114 Å². The number of fused-ring (bicyclic) bond motifs is 14. The molecule has 2 aromatic heterocycles. The fourth-order valence-electron chi connectivity index (χ4n) is 11.3. The molecule has 0 aliphatic carbocycles. The second-order valence-electron chi connectivity index (χ2n) is 15.9. The summed E-state index contributed by atoms with van der Waals surface area (Å²) >= 11 is 1.95. The second-order valence-corrected chi connectivity index (χ2v) is 17.0. The quantitative estimate of drug-likeness (QED) is 0.160. The maximum Gasteiger partial charge on any atom is 0.333 e. The van der Waals surface area contributed by atoms with Gasteiger partial charge in [-0.3, -0.25) is 0 Å². The van der Waals surface area contributed by atoms with E-state index in [1.807, 2.05) is 11.3 Å². The molecule has 57 heavy (non-hydrogen) atoms. The fourth-order valence-corrected chi connectivity index (χ4v) is 12.5. The highest BCUT2D eigenvalue weighted by molar-refractivity contribution is 7.26. The van der Waals surface area contributed by atoms with Crippen LogP contribution in [0.1, 0.15) is 22.3 Å². The van der Waals surface area contributed by atoms with Gasteiger partial charge in [-0.05, 0) is 74.3 Å². The lowest BCUT2D eigenvalue weighted by Gasteiger charge is -2.50. The Labute approximate surface area is 333 Å². The first kappa shape index (κ1) is 30.4. The highest BCUT2D eigenvalue weighted by atomic mass is 32.1. The molecule has 0 amide bonds. The van der Waals surface area contributed by atoms with Crippen molar-refractivity contribution < 1.29 is 0 Å². The number of hydrogen-bond donors (Lipinski definition) is 0. The van der Waals surface area contributed by atoms with E-state index < -0.39 is 5.41 Å². The molecular formula is C53H31BN2S. The van der Waals surface area contributed by atoms with Crippen LogP contribution >= 0.6 is 11.3 Å². The molecule has 2 nitrogen and oxygen atoms in total. The van der Waals surface area contributed by atoms with Crippen molar-refractivity contribution in [3.8, 4) is 11.1 Å². The zero-order valence-corrected chi connectivity index (χ0v) is 31.6. The number of aromatic nitrogens is 1. The Kier molecular flexibility index (Phi) is 5.70. The SMILES string of the molecule is c1ccc(C2(c3ccccc3)c3ccccc3N3c4cc5c(sc6ccccc65)c5c4B(c4cccc2c43)n2c3cc4ccccc4cc3c3cccc-5c32)cc1. The molecular weight excluding hydrogens is 707 g/mol. The number of hydrogen-bond acceptors (Lipinski definition) is 2. The first-order chi connectivity index (χ1) is 28.3. The van der Waals surface area contributed by atoms with Gasteiger partial charge in [0, 0.05) is 64.5 Å². The molecule has 0 bridgehead atoms. The normalized spacial score (nSPS) is 14.4. The Hall–Kier alpha value is -6.88. The lowest BCUT2D eigenvalue weighted by atomic mass is 9.43. The molecule has 3 aliphatic rings. The lowest BCUT2D eigenvalue weighted by Crippen LogP contribution is -2.58. The molecule has 0 saturated carbocycles. The molecule has 4 heteroatoms. The molecule has 0 fully saturated rings. The van der Waals surface area contributed by atoms with Gasteiger partial charge in [-0.1, -0.05) is 158 Å². The van der Waals surface area contributed by atoms with Crippen molar-refractivity contribution in [1.29, 1.82) is 0 Å². The maximum atomic E-state index is 2.72. The van der Waals surface area contributed by atoms with E-state index in [1.54, 1.807) is 0 Å². The molecule has 3 aliphatic heterocycles. The minimum atomic E-state index is -0.544. The highest BCUT2D eigenvalue weighted by Crippen LogP contribution is 2.59. The summed E-state index contributed by atoms with van der Waals surface area (Å²) < 4.78 is 5.43. The van der Waals surface area contributed by atoms with Crippen molar-refractivity contribution in [2.75, 3.05) is 4.90 Å². The third-order valence-corrected chi connectivity index (χ3v) is 14.6. The van der Waals surface area contributed by atoms with Crippen LogP contribution in [-0.4, -0.2) is 11.3 Å². The molecule has 262 valence electrons. The topological polar surface area (TPSA) is 8.17 Å². The van der Waals surface area contributed by atoms with Gasteiger partial charge in [-0.15, -0.1) is 11.3 Å². The van der Waals surface area contributed by atoms with E-state index in [-0.39, 0.29) is 6.85 Å². The van der Waals surface area contributed by atoms with Crippen molar-refractivity contribution in [2.45, 2.75) is 5.41 Å². The molecule has 11 aromatic rings. The van der Waals surface area contributed by atoms with Crippen LogP contribution < -0.4 is 15.8 Å². The highest BCUT2D eigenvalue weighted by Gasteiger charge is 2.52. The number of anilines is 3. The molecule has 14 rings (SSSR count). The van der Waals surface area contributed by atoms with Crippen molar-refractivity contribution >= 4 is 98.9 Å². The van der Waals surface area contributed by atoms with Gasteiger partial charge in [0.1, 0.15) is 0 Å². The fraction of sp³-hybridized carbons (Fsp3) is 0.0189. The van der Waals surface area contributed by atoms with Crippen LogP contribution in [0.3, 0.4) is 0 Å². The van der Waals surface area contributed by atoms with Gasteiger partial charge in [-0.25, -0.2) is 0 Å². The van der Waals surface area contributed by atoms with Crippen LogP contribution in [0.2, 0.25) is 0 Å². The predicted octanol–water partition coefficient (Wildman–Crippen LogP) is 12.4. The summed E-state index contributed by atoms with van der Waals surface area (Å²) in [7, 11) is 0. The lowest BCUT2D eigenvalue weighted by molar-refractivity contribution is 0.732. The van der Waals surface area contributed by atoms with E-state index in [0.717, 1.165) is 0 Å². The molecule has 0 radical (unpaired) electrons. The third-order valence-electron chi connectivity index (χ3n) is 13.4. The minimum Gasteiger partial charge on any atom is -0.375 e. The molecule has 0 N–H and O–H groups in total.